The number of sulfonamides is 1. The number of methoxy groups -OCH3 is 1. The van der Waals surface area contributed by atoms with Gasteiger partial charge in [-0.2, -0.15) is 4.31 Å². The average Bonchev–Trinajstić information content (AvgIpc) is 2.47. The summed E-state index contributed by atoms with van der Waals surface area (Å²) in [5.74, 6) is -0.346. The van der Waals surface area contributed by atoms with Gasteiger partial charge in [-0.25, -0.2) is 8.42 Å². The number of nitrogens with zero attached hydrogens (tertiary/aromatic N) is 1. The van der Waals surface area contributed by atoms with Crippen molar-refractivity contribution >= 4 is 15.9 Å². The molecule has 0 bridgehead atoms. The second kappa shape index (κ2) is 8.11. The number of carbonyl (C=O) groups excluding carboxylic acids is 1. The van der Waals surface area contributed by atoms with Crippen LogP contribution in [0.2, 0.25) is 0 Å². The summed E-state index contributed by atoms with van der Waals surface area (Å²) in [5, 5.41) is 2.75. The average molecular weight is 314 g/mol. The van der Waals surface area contributed by atoms with Crippen LogP contribution in [-0.2, 0) is 19.6 Å². The van der Waals surface area contributed by atoms with Gasteiger partial charge in [0, 0.05) is 14.2 Å². The number of carbonyl (C=O) groups is 1. The molecule has 0 spiro atoms. The van der Waals surface area contributed by atoms with Gasteiger partial charge in [-0.1, -0.05) is 25.1 Å². The molecule has 0 saturated carbocycles. The van der Waals surface area contributed by atoms with Crippen LogP contribution in [0, 0.1) is 0 Å². The molecule has 0 radical (unpaired) electrons. The molecule has 21 heavy (non-hydrogen) atoms. The quantitative estimate of drug-likeness (QED) is 0.772. The number of hydrogen-bond acceptors (Lipinski definition) is 4. The lowest BCUT2D eigenvalue weighted by molar-refractivity contribution is -0.122. The molecule has 1 amide bonds. The fraction of sp³-hybridized carbons (Fsp3) is 0.500. The normalized spacial score (nSPS) is 13.1. The van der Waals surface area contributed by atoms with Gasteiger partial charge in [-0.05, 0) is 18.6 Å². The zero-order valence-corrected chi connectivity index (χ0v) is 13.4. The summed E-state index contributed by atoms with van der Waals surface area (Å²) >= 11 is 0. The molecule has 1 N–H and O–H groups in total. The minimum Gasteiger partial charge on any atom is -0.383 e. The molecule has 118 valence electrons. The minimum absolute atomic E-state index is 0.115. The molecule has 1 rings (SSSR count). The maximum absolute atomic E-state index is 12.3. The Morgan fingerprint density at radius 2 is 1.95 bits per heavy atom. The Labute approximate surface area is 126 Å². The predicted octanol–water partition coefficient (Wildman–Crippen LogP) is 0.848. The first-order valence-electron chi connectivity index (χ1n) is 6.71. The van der Waals surface area contributed by atoms with E-state index in [2.05, 4.69) is 5.32 Å². The highest BCUT2D eigenvalue weighted by Crippen LogP contribution is 2.12. The first kappa shape index (κ1) is 17.6. The van der Waals surface area contributed by atoms with Gasteiger partial charge in [-0.15, -0.1) is 0 Å². The third kappa shape index (κ3) is 5.11. The van der Waals surface area contributed by atoms with Gasteiger partial charge in [0.15, 0.2) is 0 Å². The highest BCUT2D eigenvalue weighted by Gasteiger charge is 2.23. The molecule has 0 saturated heterocycles. The Balaban J connectivity index is 2.68. The van der Waals surface area contributed by atoms with E-state index < -0.39 is 10.0 Å². The zero-order valence-electron chi connectivity index (χ0n) is 12.6. The van der Waals surface area contributed by atoms with Crippen LogP contribution >= 0.6 is 0 Å². The maximum atomic E-state index is 12.3. The van der Waals surface area contributed by atoms with E-state index in [1.54, 1.807) is 25.3 Å². The number of rotatable bonds is 8. The largest absolute Gasteiger partial charge is 0.383 e. The van der Waals surface area contributed by atoms with Crippen molar-refractivity contribution in [2.75, 3.05) is 27.3 Å². The van der Waals surface area contributed by atoms with Crippen molar-refractivity contribution in [3.8, 4) is 0 Å². The van der Waals surface area contributed by atoms with Crippen LogP contribution in [0.25, 0.3) is 0 Å². The fourth-order valence-corrected chi connectivity index (χ4v) is 2.94. The molecule has 1 atom stereocenters. The van der Waals surface area contributed by atoms with Gasteiger partial charge in [0.25, 0.3) is 0 Å². The highest BCUT2D eigenvalue weighted by molar-refractivity contribution is 7.89. The second-order valence-corrected chi connectivity index (χ2v) is 6.75. The van der Waals surface area contributed by atoms with Gasteiger partial charge < -0.3 is 10.1 Å². The van der Waals surface area contributed by atoms with Crippen molar-refractivity contribution in [1.82, 2.24) is 9.62 Å². The minimum atomic E-state index is -3.65. The van der Waals surface area contributed by atoms with Crippen LogP contribution in [0.5, 0.6) is 0 Å². The van der Waals surface area contributed by atoms with Crippen LogP contribution in [-0.4, -0.2) is 52.0 Å². The lowest BCUT2D eigenvalue weighted by Crippen LogP contribution is -2.44. The molecule has 0 heterocycles. The van der Waals surface area contributed by atoms with E-state index in [0.29, 0.717) is 13.0 Å². The van der Waals surface area contributed by atoms with Crippen molar-refractivity contribution in [2.24, 2.45) is 0 Å². The number of nitrogens with one attached hydrogen (secondary N) is 1. The summed E-state index contributed by atoms with van der Waals surface area (Å²) in [6.07, 6.45) is 0.717. The summed E-state index contributed by atoms with van der Waals surface area (Å²) in [6, 6.07) is 7.92. The third-order valence-corrected chi connectivity index (χ3v) is 4.86. The molecule has 1 aromatic carbocycles. The Bertz CT molecular complexity index is 545. The molecule has 1 unspecified atom stereocenters. The molecular formula is C14H22N2O4S. The molecule has 6 nitrogen and oxygen atoms in total. The smallest absolute Gasteiger partial charge is 0.243 e. The molecule has 0 fully saturated rings. The van der Waals surface area contributed by atoms with Gasteiger partial charge in [0.05, 0.1) is 24.1 Å². The van der Waals surface area contributed by atoms with Crippen LogP contribution < -0.4 is 5.32 Å². The SMILES string of the molecule is CCC(COC)NC(=O)CN(C)S(=O)(=O)c1ccccc1. The van der Waals surface area contributed by atoms with E-state index in [0.717, 1.165) is 4.31 Å². The van der Waals surface area contributed by atoms with Crippen LogP contribution in [0.3, 0.4) is 0 Å². The Morgan fingerprint density at radius 3 is 2.48 bits per heavy atom. The standard InChI is InChI=1S/C14H22N2O4S/c1-4-12(11-20-3)15-14(17)10-16(2)21(18,19)13-8-6-5-7-9-13/h5-9,12H,4,10-11H2,1-3H3,(H,15,17). The van der Waals surface area contributed by atoms with Crippen LogP contribution in [0.15, 0.2) is 35.2 Å². The molecule has 7 heteroatoms. The second-order valence-electron chi connectivity index (χ2n) is 4.70. The lowest BCUT2D eigenvalue weighted by Gasteiger charge is -2.20. The van der Waals surface area contributed by atoms with Crippen molar-refractivity contribution in [1.29, 1.82) is 0 Å². The van der Waals surface area contributed by atoms with Crippen molar-refractivity contribution in [3.05, 3.63) is 30.3 Å². The number of hydrogen-bond donors (Lipinski definition) is 1. The molecular weight excluding hydrogens is 292 g/mol. The maximum Gasteiger partial charge on any atom is 0.243 e. The summed E-state index contributed by atoms with van der Waals surface area (Å²) in [7, 11) is -0.703. The lowest BCUT2D eigenvalue weighted by atomic mass is 10.2. The van der Waals surface area contributed by atoms with E-state index in [-0.39, 0.29) is 23.4 Å². The Morgan fingerprint density at radius 1 is 1.33 bits per heavy atom. The number of ether oxygens (including phenoxy) is 1. The topological polar surface area (TPSA) is 75.7 Å². The van der Waals surface area contributed by atoms with E-state index >= 15 is 0 Å². The van der Waals surface area contributed by atoms with E-state index in [1.807, 2.05) is 6.92 Å². The van der Waals surface area contributed by atoms with Crippen molar-refractivity contribution in [2.45, 2.75) is 24.3 Å². The molecule has 1 aromatic rings. The third-order valence-electron chi connectivity index (χ3n) is 3.04. The molecule has 0 aliphatic heterocycles. The number of likely N-dealkylation sites (N-methyl/N-ethyl adjacent to an activating group) is 1. The fourth-order valence-electron chi connectivity index (χ4n) is 1.80. The van der Waals surface area contributed by atoms with Crippen LogP contribution in [0.4, 0.5) is 0 Å². The summed E-state index contributed by atoms with van der Waals surface area (Å²) in [6.45, 7) is 2.10. The summed E-state index contributed by atoms with van der Waals surface area (Å²) < 4.78 is 30.6. The number of benzene rings is 1. The van der Waals surface area contributed by atoms with Gasteiger partial charge in [-0.3, -0.25) is 4.79 Å². The van der Waals surface area contributed by atoms with E-state index in [9.17, 15) is 13.2 Å². The van der Waals surface area contributed by atoms with Gasteiger partial charge in [0.2, 0.25) is 15.9 Å². The first-order valence-corrected chi connectivity index (χ1v) is 8.15. The van der Waals surface area contributed by atoms with E-state index in [4.69, 9.17) is 4.74 Å². The van der Waals surface area contributed by atoms with Gasteiger partial charge in [0.1, 0.15) is 0 Å². The van der Waals surface area contributed by atoms with E-state index in [1.165, 1.54) is 19.2 Å². The van der Waals surface area contributed by atoms with Crippen LogP contribution in [0.1, 0.15) is 13.3 Å². The Kier molecular flexibility index (Phi) is 6.80. The molecule has 0 aromatic heterocycles. The number of amides is 1. The Hall–Kier alpha value is -1.44. The summed E-state index contributed by atoms with van der Waals surface area (Å²) in [5.41, 5.74) is 0. The van der Waals surface area contributed by atoms with Crippen molar-refractivity contribution < 1.29 is 17.9 Å². The monoisotopic (exact) mass is 314 g/mol. The zero-order chi connectivity index (χ0) is 15.9. The highest BCUT2D eigenvalue weighted by atomic mass is 32.2. The van der Waals surface area contributed by atoms with Gasteiger partial charge >= 0.3 is 0 Å². The molecule has 0 aliphatic rings. The predicted molar refractivity (Wildman–Crippen MR) is 80.4 cm³/mol. The molecule has 0 aliphatic carbocycles. The summed E-state index contributed by atoms with van der Waals surface area (Å²) in [4.78, 5) is 12.1. The van der Waals surface area contributed by atoms with Crippen molar-refractivity contribution in [3.63, 3.8) is 0 Å². The first-order chi connectivity index (χ1) is 9.91.